The Morgan fingerprint density at radius 2 is 1.39 bits per heavy atom. The van der Waals surface area contributed by atoms with Crippen molar-refractivity contribution in [2.24, 2.45) is 11.8 Å². The maximum atomic E-state index is 13.7. The van der Waals surface area contributed by atoms with Crippen LogP contribution in [0.25, 0.3) is 0 Å². The van der Waals surface area contributed by atoms with E-state index >= 15 is 0 Å². The maximum Gasteiger partial charge on any atom is 0.285 e. The van der Waals surface area contributed by atoms with Gasteiger partial charge in [0.05, 0.1) is 11.6 Å². The van der Waals surface area contributed by atoms with Gasteiger partial charge in [0.1, 0.15) is 11.7 Å². The van der Waals surface area contributed by atoms with E-state index in [1.165, 1.54) is 24.3 Å². The molecule has 1 aliphatic heterocycles. The van der Waals surface area contributed by atoms with Gasteiger partial charge in [0, 0.05) is 22.0 Å². The summed E-state index contributed by atoms with van der Waals surface area (Å²) in [7, 11) is 0. The lowest BCUT2D eigenvalue weighted by molar-refractivity contribution is -0.578. The van der Waals surface area contributed by atoms with Gasteiger partial charge in [0.25, 0.3) is 5.54 Å². The molecule has 2 amide bonds. The van der Waals surface area contributed by atoms with Crippen molar-refractivity contribution in [2.45, 2.75) is 11.5 Å². The number of nitrogens with zero attached hydrogens (tertiary/aromatic N) is 2. The topological polar surface area (TPSA) is 80.5 Å². The summed E-state index contributed by atoms with van der Waals surface area (Å²) in [5, 5.41) is 12.8. The highest BCUT2D eigenvalue weighted by atomic mass is 19.1. The largest absolute Gasteiger partial charge is 0.285 e. The van der Waals surface area contributed by atoms with Gasteiger partial charge in [-0.2, -0.15) is 0 Å². The molecule has 4 aliphatic rings. The first kappa shape index (κ1) is 17.9. The molecule has 0 radical (unpaired) electrons. The summed E-state index contributed by atoms with van der Waals surface area (Å²) >= 11 is 0. The van der Waals surface area contributed by atoms with Crippen LogP contribution in [-0.4, -0.2) is 16.7 Å². The lowest BCUT2D eigenvalue weighted by atomic mass is 9.51. The third-order valence-corrected chi connectivity index (χ3v) is 6.95. The third kappa shape index (κ3) is 1.96. The van der Waals surface area contributed by atoms with Gasteiger partial charge in [-0.25, -0.2) is 9.29 Å². The van der Waals surface area contributed by atoms with Crippen molar-refractivity contribution in [3.05, 3.63) is 111 Å². The molecule has 0 aromatic heterocycles. The SMILES string of the molecule is O=C1C2C3c4ccccc4C([N+](=O)[O-])(c4ccccc43)C2C(=O)N1c1ccc(F)cc1. The predicted octanol–water partition coefficient (Wildman–Crippen LogP) is 3.61. The number of amides is 2. The fraction of sp³-hybridized carbons (Fsp3) is 0.167. The van der Waals surface area contributed by atoms with Gasteiger partial charge in [-0.15, -0.1) is 0 Å². The standard InChI is InChI=1S/C24H15FN2O4/c25-13-9-11-14(12-10-13)26-22(28)20-19-15-5-1-3-7-17(15)24(27(30)31,21(20)23(26)29)18-8-4-2-6-16(18)19/h1-12,19-21H. The Hall–Kier alpha value is -3.87. The number of carbonyl (C=O) groups is 2. The Morgan fingerprint density at radius 1 is 0.839 bits per heavy atom. The molecule has 152 valence electrons. The Labute approximate surface area is 176 Å². The van der Waals surface area contributed by atoms with Crippen LogP contribution < -0.4 is 4.90 Å². The van der Waals surface area contributed by atoms with Crippen molar-refractivity contribution in [3.63, 3.8) is 0 Å². The van der Waals surface area contributed by atoms with Crippen molar-refractivity contribution < 1.29 is 18.9 Å². The van der Waals surface area contributed by atoms with Gasteiger partial charge >= 0.3 is 0 Å². The molecule has 1 heterocycles. The summed E-state index contributed by atoms with van der Waals surface area (Å²) in [5.41, 5.74) is 0.715. The first-order chi connectivity index (χ1) is 15.0. The quantitative estimate of drug-likeness (QED) is 0.365. The lowest BCUT2D eigenvalue weighted by Crippen LogP contribution is -2.57. The molecule has 1 fully saturated rings. The van der Waals surface area contributed by atoms with E-state index in [-0.39, 0.29) is 5.69 Å². The van der Waals surface area contributed by atoms with E-state index in [1.54, 1.807) is 36.4 Å². The molecule has 2 unspecified atom stereocenters. The zero-order chi connectivity index (χ0) is 21.5. The molecule has 0 saturated carbocycles. The first-order valence-corrected chi connectivity index (χ1v) is 9.94. The molecule has 0 N–H and O–H groups in total. The van der Waals surface area contributed by atoms with Crippen LogP contribution in [0.1, 0.15) is 28.2 Å². The summed E-state index contributed by atoms with van der Waals surface area (Å²) < 4.78 is 13.4. The highest BCUT2D eigenvalue weighted by Gasteiger charge is 2.74. The molecule has 7 rings (SSSR count). The molecule has 31 heavy (non-hydrogen) atoms. The second kappa shape index (κ2) is 5.85. The molecular weight excluding hydrogens is 399 g/mol. The number of halogens is 1. The highest BCUT2D eigenvalue weighted by molar-refractivity contribution is 6.23. The van der Waals surface area contributed by atoms with Gasteiger partial charge in [-0.05, 0) is 35.4 Å². The number of anilines is 1. The van der Waals surface area contributed by atoms with Crippen molar-refractivity contribution in [1.82, 2.24) is 0 Å². The van der Waals surface area contributed by atoms with Crippen molar-refractivity contribution in [3.8, 4) is 0 Å². The number of imide groups is 1. The van der Waals surface area contributed by atoms with Gasteiger partial charge < -0.3 is 0 Å². The molecule has 7 heteroatoms. The fourth-order valence-corrected chi connectivity index (χ4v) is 5.89. The minimum atomic E-state index is -1.85. The summed E-state index contributed by atoms with van der Waals surface area (Å²) in [6.07, 6.45) is 0. The lowest BCUT2D eigenvalue weighted by Gasteiger charge is -2.48. The maximum absolute atomic E-state index is 13.7. The minimum Gasteiger partial charge on any atom is -0.274 e. The van der Waals surface area contributed by atoms with Crippen LogP contribution in [0.2, 0.25) is 0 Å². The number of nitro groups is 1. The summed E-state index contributed by atoms with van der Waals surface area (Å²) in [6.45, 7) is 0. The Bertz CT molecular complexity index is 1260. The van der Waals surface area contributed by atoms with E-state index in [2.05, 4.69) is 0 Å². The second-order valence-corrected chi connectivity index (χ2v) is 8.17. The molecule has 6 nitrogen and oxygen atoms in total. The highest BCUT2D eigenvalue weighted by Crippen LogP contribution is 2.64. The van der Waals surface area contributed by atoms with Crippen LogP contribution >= 0.6 is 0 Å². The number of rotatable bonds is 2. The smallest absolute Gasteiger partial charge is 0.274 e. The average Bonchev–Trinajstić information content (AvgIpc) is 3.05. The number of benzene rings is 3. The predicted molar refractivity (Wildman–Crippen MR) is 108 cm³/mol. The third-order valence-electron chi connectivity index (χ3n) is 6.95. The fourth-order valence-electron chi connectivity index (χ4n) is 5.89. The van der Waals surface area contributed by atoms with Crippen molar-refractivity contribution in [2.75, 3.05) is 4.90 Å². The number of hydrogen-bond donors (Lipinski definition) is 0. The second-order valence-electron chi connectivity index (χ2n) is 8.17. The minimum absolute atomic E-state index is 0.219. The van der Waals surface area contributed by atoms with E-state index in [0.29, 0.717) is 22.3 Å². The van der Waals surface area contributed by atoms with E-state index in [0.717, 1.165) is 4.90 Å². The van der Waals surface area contributed by atoms with Crippen LogP contribution in [-0.2, 0) is 15.1 Å². The van der Waals surface area contributed by atoms with E-state index in [9.17, 15) is 24.1 Å². The van der Waals surface area contributed by atoms with Crippen LogP contribution in [0.5, 0.6) is 0 Å². The Balaban J connectivity index is 1.67. The number of carbonyl (C=O) groups excluding carboxylic acids is 2. The van der Waals surface area contributed by atoms with Crippen LogP contribution in [0.4, 0.5) is 10.1 Å². The van der Waals surface area contributed by atoms with Gasteiger partial charge in [-0.3, -0.25) is 19.7 Å². The molecule has 3 aromatic rings. The van der Waals surface area contributed by atoms with Crippen molar-refractivity contribution in [1.29, 1.82) is 0 Å². The monoisotopic (exact) mass is 414 g/mol. The van der Waals surface area contributed by atoms with Gasteiger partial charge in [-0.1, -0.05) is 48.5 Å². The molecule has 2 bridgehead atoms. The molecule has 1 saturated heterocycles. The average molecular weight is 414 g/mol. The summed E-state index contributed by atoms with van der Waals surface area (Å²) in [4.78, 5) is 40.7. The Morgan fingerprint density at radius 3 is 1.94 bits per heavy atom. The van der Waals surface area contributed by atoms with Crippen LogP contribution in [0, 0.1) is 27.8 Å². The molecule has 0 spiro atoms. The van der Waals surface area contributed by atoms with Gasteiger partial charge in [0.15, 0.2) is 0 Å². The normalized spacial score (nSPS) is 27.6. The summed E-state index contributed by atoms with van der Waals surface area (Å²) in [6, 6.07) is 19.1. The Kier molecular flexibility index (Phi) is 3.38. The van der Waals surface area contributed by atoms with E-state index in [4.69, 9.17) is 0 Å². The van der Waals surface area contributed by atoms with Crippen LogP contribution in [0.3, 0.4) is 0 Å². The van der Waals surface area contributed by atoms with E-state index in [1.807, 2.05) is 12.1 Å². The van der Waals surface area contributed by atoms with Crippen LogP contribution in [0.15, 0.2) is 72.8 Å². The molecule has 3 aliphatic carbocycles. The zero-order valence-corrected chi connectivity index (χ0v) is 16.1. The van der Waals surface area contributed by atoms with Crippen molar-refractivity contribution >= 4 is 17.5 Å². The van der Waals surface area contributed by atoms with E-state index < -0.39 is 45.8 Å². The zero-order valence-electron chi connectivity index (χ0n) is 16.1. The summed E-state index contributed by atoms with van der Waals surface area (Å²) in [5.74, 6) is -4.13. The molecule has 3 aromatic carbocycles. The molecule has 2 atom stereocenters. The first-order valence-electron chi connectivity index (χ1n) is 9.94. The number of hydrogen-bond acceptors (Lipinski definition) is 4. The van der Waals surface area contributed by atoms with Gasteiger partial charge in [0.2, 0.25) is 11.8 Å². The molecular formula is C24H15FN2O4.